The normalized spacial score (nSPS) is 10.1. The molecule has 0 saturated heterocycles. The SMILES string of the molecule is COc1ccc(Nc2nc(N)c(C(=O)c3ccccc3C#N)s2)cc1. The smallest absolute Gasteiger partial charge is 0.208 e. The van der Waals surface area contributed by atoms with Crippen molar-refractivity contribution in [3.8, 4) is 11.8 Å². The lowest BCUT2D eigenvalue weighted by Gasteiger charge is -2.03. The van der Waals surface area contributed by atoms with Crippen LogP contribution >= 0.6 is 11.3 Å². The van der Waals surface area contributed by atoms with Crippen LogP contribution in [0.4, 0.5) is 16.6 Å². The Bertz CT molecular complexity index is 958. The molecule has 3 N–H and O–H groups in total. The van der Waals surface area contributed by atoms with Gasteiger partial charge in [0, 0.05) is 11.3 Å². The number of rotatable bonds is 5. The Morgan fingerprint density at radius 1 is 1.24 bits per heavy atom. The topological polar surface area (TPSA) is 101 Å². The second-order valence-corrected chi connectivity index (χ2v) is 6.07. The minimum Gasteiger partial charge on any atom is -0.497 e. The first-order valence-electron chi connectivity index (χ1n) is 7.33. The van der Waals surface area contributed by atoms with Gasteiger partial charge in [-0.15, -0.1) is 0 Å². The van der Waals surface area contributed by atoms with E-state index in [0.717, 1.165) is 22.8 Å². The molecule has 0 unspecified atom stereocenters. The first kappa shape index (κ1) is 16.5. The van der Waals surface area contributed by atoms with Gasteiger partial charge in [-0.1, -0.05) is 23.5 Å². The highest BCUT2D eigenvalue weighted by Gasteiger charge is 2.20. The van der Waals surface area contributed by atoms with E-state index in [2.05, 4.69) is 10.3 Å². The van der Waals surface area contributed by atoms with Crippen molar-refractivity contribution in [2.75, 3.05) is 18.2 Å². The molecule has 2 aromatic carbocycles. The zero-order chi connectivity index (χ0) is 17.8. The van der Waals surface area contributed by atoms with Crippen LogP contribution in [0.2, 0.25) is 0 Å². The molecule has 1 heterocycles. The first-order valence-corrected chi connectivity index (χ1v) is 8.15. The lowest BCUT2D eigenvalue weighted by atomic mass is 10.0. The molecule has 3 rings (SSSR count). The monoisotopic (exact) mass is 350 g/mol. The van der Waals surface area contributed by atoms with Crippen LogP contribution in [0.15, 0.2) is 48.5 Å². The van der Waals surface area contributed by atoms with Gasteiger partial charge in [0.25, 0.3) is 0 Å². The molecule has 0 aliphatic heterocycles. The first-order chi connectivity index (χ1) is 12.1. The average Bonchev–Trinajstić information content (AvgIpc) is 3.01. The molecule has 3 aromatic rings. The maximum Gasteiger partial charge on any atom is 0.208 e. The number of nitrogen functional groups attached to an aromatic ring is 1. The molecule has 0 fully saturated rings. The van der Waals surface area contributed by atoms with Crippen molar-refractivity contribution in [2.45, 2.75) is 0 Å². The van der Waals surface area contributed by atoms with Crippen LogP contribution in [0, 0.1) is 11.3 Å². The number of ketones is 1. The van der Waals surface area contributed by atoms with E-state index in [0.29, 0.717) is 21.1 Å². The number of carbonyl (C=O) groups is 1. The number of benzene rings is 2. The number of nitrogens with two attached hydrogens (primary N) is 1. The maximum absolute atomic E-state index is 12.7. The summed E-state index contributed by atoms with van der Waals surface area (Å²) in [4.78, 5) is 17.2. The number of carbonyl (C=O) groups excluding carboxylic acids is 1. The number of hydrogen-bond acceptors (Lipinski definition) is 7. The summed E-state index contributed by atoms with van der Waals surface area (Å²) in [6, 6.07) is 15.9. The second-order valence-electron chi connectivity index (χ2n) is 5.07. The van der Waals surface area contributed by atoms with Crippen LogP contribution in [0.25, 0.3) is 0 Å². The number of aromatic nitrogens is 1. The van der Waals surface area contributed by atoms with Crippen LogP contribution in [0.1, 0.15) is 20.8 Å². The third-order valence-corrected chi connectivity index (χ3v) is 4.48. The Hall–Kier alpha value is -3.37. The highest BCUT2D eigenvalue weighted by Crippen LogP contribution is 2.30. The largest absolute Gasteiger partial charge is 0.497 e. The van der Waals surface area contributed by atoms with Gasteiger partial charge in [-0.05, 0) is 36.4 Å². The molecular formula is C18H14N4O2S. The zero-order valence-electron chi connectivity index (χ0n) is 13.3. The molecular weight excluding hydrogens is 336 g/mol. The standard InChI is InChI=1S/C18H14N4O2S/c1-24-13-8-6-12(7-9-13)21-18-22-17(20)16(25-18)15(23)14-5-3-2-4-11(14)10-19/h2-9H,20H2,1H3,(H,21,22). The van der Waals surface area contributed by atoms with Gasteiger partial charge in [0.05, 0.1) is 18.7 Å². The van der Waals surface area contributed by atoms with Crippen molar-refractivity contribution in [1.29, 1.82) is 5.26 Å². The Morgan fingerprint density at radius 2 is 1.96 bits per heavy atom. The molecule has 0 amide bonds. The number of nitriles is 1. The Morgan fingerprint density at radius 3 is 2.64 bits per heavy atom. The molecule has 0 bridgehead atoms. The van der Waals surface area contributed by atoms with Crippen LogP contribution in [-0.4, -0.2) is 17.9 Å². The predicted molar refractivity (Wildman–Crippen MR) is 97.4 cm³/mol. The van der Waals surface area contributed by atoms with Crippen molar-refractivity contribution >= 4 is 33.8 Å². The summed E-state index contributed by atoms with van der Waals surface area (Å²) >= 11 is 1.15. The van der Waals surface area contributed by atoms with E-state index in [1.165, 1.54) is 0 Å². The number of ether oxygens (including phenoxy) is 1. The molecule has 1 aromatic heterocycles. The van der Waals surface area contributed by atoms with Crippen molar-refractivity contribution in [3.63, 3.8) is 0 Å². The molecule has 0 aliphatic carbocycles. The number of nitrogens with zero attached hydrogens (tertiary/aromatic N) is 2. The summed E-state index contributed by atoms with van der Waals surface area (Å²) in [6.07, 6.45) is 0. The van der Waals surface area contributed by atoms with Crippen LogP contribution in [0.5, 0.6) is 5.75 Å². The van der Waals surface area contributed by atoms with Gasteiger partial charge < -0.3 is 15.8 Å². The van der Waals surface area contributed by atoms with E-state index in [4.69, 9.17) is 15.7 Å². The molecule has 7 heteroatoms. The lowest BCUT2D eigenvalue weighted by molar-refractivity contribution is 0.104. The van der Waals surface area contributed by atoms with E-state index in [9.17, 15) is 4.79 Å². The Balaban J connectivity index is 1.87. The minimum atomic E-state index is -0.310. The van der Waals surface area contributed by atoms with Gasteiger partial charge in [0.1, 0.15) is 16.4 Å². The Labute approximate surface area is 148 Å². The fraction of sp³-hybridized carbons (Fsp3) is 0.0556. The number of nitrogens with one attached hydrogen (secondary N) is 1. The molecule has 0 spiro atoms. The number of methoxy groups -OCH3 is 1. The quantitative estimate of drug-likeness (QED) is 0.682. The van der Waals surface area contributed by atoms with E-state index >= 15 is 0 Å². The highest BCUT2D eigenvalue weighted by molar-refractivity contribution is 7.18. The van der Waals surface area contributed by atoms with Gasteiger partial charge >= 0.3 is 0 Å². The third kappa shape index (κ3) is 3.44. The number of thiazole rings is 1. The summed E-state index contributed by atoms with van der Waals surface area (Å²) in [5, 5.41) is 12.8. The van der Waals surface area contributed by atoms with E-state index in [-0.39, 0.29) is 11.6 Å². The molecule has 0 aliphatic rings. The molecule has 6 nitrogen and oxygen atoms in total. The van der Waals surface area contributed by atoms with E-state index in [1.807, 2.05) is 30.3 Å². The van der Waals surface area contributed by atoms with Crippen molar-refractivity contribution < 1.29 is 9.53 Å². The van der Waals surface area contributed by atoms with Gasteiger partial charge in [-0.3, -0.25) is 4.79 Å². The Kier molecular flexibility index (Phi) is 4.64. The average molecular weight is 350 g/mol. The van der Waals surface area contributed by atoms with Crippen molar-refractivity contribution in [1.82, 2.24) is 4.98 Å². The second kappa shape index (κ2) is 7.03. The highest BCUT2D eigenvalue weighted by atomic mass is 32.1. The fourth-order valence-corrected chi connectivity index (χ4v) is 3.11. The summed E-state index contributed by atoms with van der Waals surface area (Å²) in [7, 11) is 1.60. The van der Waals surface area contributed by atoms with E-state index in [1.54, 1.807) is 31.4 Å². The van der Waals surface area contributed by atoms with Crippen molar-refractivity contribution in [3.05, 3.63) is 64.5 Å². The minimum absolute atomic E-state index is 0.138. The third-order valence-electron chi connectivity index (χ3n) is 3.49. The van der Waals surface area contributed by atoms with Gasteiger partial charge in [-0.2, -0.15) is 5.26 Å². The summed E-state index contributed by atoms with van der Waals surface area (Å²) < 4.78 is 5.11. The summed E-state index contributed by atoms with van der Waals surface area (Å²) in [5.74, 6) is 0.571. The maximum atomic E-state index is 12.7. The van der Waals surface area contributed by atoms with Crippen LogP contribution in [-0.2, 0) is 0 Å². The molecule has 25 heavy (non-hydrogen) atoms. The van der Waals surface area contributed by atoms with Crippen molar-refractivity contribution in [2.24, 2.45) is 0 Å². The van der Waals surface area contributed by atoms with Gasteiger partial charge in [0.2, 0.25) is 5.78 Å². The molecule has 0 saturated carbocycles. The van der Waals surface area contributed by atoms with Crippen LogP contribution in [0.3, 0.4) is 0 Å². The van der Waals surface area contributed by atoms with E-state index < -0.39 is 0 Å². The van der Waals surface area contributed by atoms with Gasteiger partial charge in [-0.25, -0.2) is 4.98 Å². The summed E-state index contributed by atoms with van der Waals surface area (Å²) in [5.41, 5.74) is 7.33. The molecule has 0 radical (unpaired) electrons. The zero-order valence-corrected chi connectivity index (χ0v) is 14.1. The molecule has 0 atom stereocenters. The molecule has 124 valence electrons. The van der Waals surface area contributed by atoms with Gasteiger partial charge in [0.15, 0.2) is 5.13 Å². The fourth-order valence-electron chi connectivity index (χ4n) is 2.25. The lowest BCUT2D eigenvalue weighted by Crippen LogP contribution is -2.04. The predicted octanol–water partition coefficient (Wildman–Crippen LogP) is 3.58. The number of hydrogen-bond donors (Lipinski definition) is 2. The van der Waals surface area contributed by atoms with Crippen LogP contribution < -0.4 is 15.8 Å². The summed E-state index contributed by atoms with van der Waals surface area (Å²) in [6.45, 7) is 0. The number of anilines is 3.